The van der Waals surface area contributed by atoms with Gasteiger partial charge in [0.1, 0.15) is 5.75 Å². The largest absolute Gasteiger partial charge is 0.493 e. The van der Waals surface area contributed by atoms with E-state index < -0.39 is 0 Å². The first kappa shape index (κ1) is 23.9. The molecule has 190 valence electrons. The highest BCUT2D eigenvalue weighted by Crippen LogP contribution is 2.32. The number of hydrogen-bond acceptors (Lipinski definition) is 5. The molecule has 0 bridgehead atoms. The zero-order valence-electron chi connectivity index (χ0n) is 20.9. The van der Waals surface area contributed by atoms with Crippen LogP contribution in [-0.4, -0.2) is 51.8 Å². The molecule has 3 heterocycles. The Morgan fingerprint density at radius 2 is 1.89 bits per heavy atom. The molecule has 2 fully saturated rings. The Hall–Kier alpha value is -3.42. The molecule has 1 amide bonds. The van der Waals surface area contributed by atoms with E-state index in [2.05, 4.69) is 34.1 Å². The number of para-hydroxylation sites is 1. The van der Waals surface area contributed by atoms with Gasteiger partial charge in [0.25, 0.3) is 0 Å². The van der Waals surface area contributed by atoms with Crippen molar-refractivity contribution < 1.29 is 9.53 Å². The zero-order chi connectivity index (χ0) is 25.4. The number of carbonyl (C=O) groups is 1. The topological polar surface area (TPSA) is 63.5 Å². The normalized spacial score (nSPS) is 16.5. The molecule has 0 atom stereocenters. The standard InChI is InChI=1S/C29H30ClN5O2/c1-20-14-27(32-35(20)17-24-15-25(30)9-10-26(24)37-19-21-7-8-21)34-13-12-33(18-28(34)36)16-23-5-2-4-22-6-3-11-31-29(22)23/h2-6,9-11,14-15,21H,7-8,12-13,16-19H2,1H3. The molecule has 2 aromatic heterocycles. The summed E-state index contributed by atoms with van der Waals surface area (Å²) in [4.78, 5) is 21.7. The summed E-state index contributed by atoms with van der Waals surface area (Å²) in [6.45, 7) is 5.71. The van der Waals surface area contributed by atoms with Crippen LogP contribution in [-0.2, 0) is 17.9 Å². The first-order valence-corrected chi connectivity index (χ1v) is 13.2. The Morgan fingerprint density at radius 3 is 2.73 bits per heavy atom. The lowest BCUT2D eigenvalue weighted by Crippen LogP contribution is -2.50. The minimum atomic E-state index is 0.0558. The van der Waals surface area contributed by atoms with Crippen molar-refractivity contribution in [3.8, 4) is 5.75 Å². The molecule has 0 unspecified atom stereocenters. The Kier molecular flexibility index (Phi) is 6.57. The van der Waals surface area contributed by atoms with Gasteiger partial charge in [0.05, 0.1) is 25.2 Å². The predicted octanol–water partition coefficient (Wildman–Crippen LogP) is 5.08. The molecule has 0 spiro atoms. The third-order valence-corrected chi connectivity index (χ3v) is 7.40. The van der Waals surface area contributed by atoms with Crippen LogP contribution >= 0.6 is 11.6 Å². The van der Waals surface area contributed by atoms with Gasteiger partial charge in [-0.05, 0) is 55.5 Å². The molecular weight excluding hydrogens is 486 g/mol. The number of benzene rings is 2. The Morgan fingerprint density at radius 1 is 1.03 bits per heavy atom. The summed E-state index contributed by atoms with van der Waals surface area (Å²) in [7, 11) is 0. The molecule has 8 heteroatoms. The smallest absolute Gasteiger partial charge is 0.242 e. The first-order valence-electron chi connectivity index (χ1n) is 12.8. The average molecular weight is 516 g/mol. The zero-order valence-corrected chi connectivity index (χ0v) is 21.7. The summed E-state index contributed by atoms with van der Waals surface area (Å²) in [6, 6.07) is 18.0. The van der Waals surface area contributed by atoms with Crippen LogP contribution in [0.15, 0.2) is 60.8 Å². The fraction of sp³-hybridized carbons (Fsp3) is 0.345. The molecule has 4 aromatic rings. The Bertz CT molecular complexity index is 1440. The van der Waals surface area contributed by atoms with Gasteiger partial charge < -0.3 is 4.74 Å². The summed E-state index contributed by atoms with van der Waals surface area (Å²) in [6.07, 6.45) is 4.30. The van der Waals surface area contributed by atoms with Crippen LogP contribution in [0.1, 0.15) is 29.7 Å². The number of aryl methyl sites for hydroxylation is 1. The van der Waals surface area contributed by atoms with Crippen LogP contribution in [0.3, 0.4) is 0 Å². The van der Waals surface area contributed by atoms with Crippen molar-refractivity contribution in [1.82, 2.24) is 19.7 Å². The molecule has 2 aromatic carbocycles. The van der Waals surface area contributed by atoms with E-state index in [1.54, 1.807) is 4.90 Å². The molecule has 6 rings (SSSR count). The number of rotatable bonds is 8. The average Bonchev–Trinajstić information content (AvgIpc) is 3.66. The molecule has 1 saturated heterocycles. The number of halogens is 1. The van der Waals surface area contributed by atoms with E-state index in [1.165, 1.54) is 12.8 Å². The van der Waals surface area contributed by atoms with E-state index in [1.807, 2.05) is 48.1 Å². The second-order valence-electron chi connectivity index (χ2n) is 10.1. The number of hydrogen-bond donors (Lipinski definition) is 0. The van der Waals surface area contributed by atoms with Crippen molar-refractivity contribution >= 4 is 34.2 Å². The summed E-state index contributed by atoms with van der Waals surface area (Å²) in [5.74, 6) is 2.26. The van der Waals surface area contributed by atoms with Crippen LogP contribution in [0.2, 0.25) is 5.02 Å². The van der Waals surface area contributed by atoms with Gasteiger partial charge >= 0.3 is 0 Å². The molecule has 1 aliphatic carbocycles. The monoisotopic (exact) mass is 515 g/mol. The number of carbonyl (C=O) groups excluding carboxylic acids is 1. The second kappa shape index (κ2) is 10.1. The summed E-state index contributed by atoms with van der Waals surface area (Å²) < 4.78 is 8.00. The van der Waals surface area contributed by atoms with Gasteiger partial charge in [-0.1, -0.05) is 35.9 Å². The van der Waals surface area contributed by atoms with Gasteiger partial charge in [-0.25, -0.2) is 0 Å². The lowest BCUT2D eigenvalue weighted by molar-refractivity contribution is -0.121. The quantitative estimate of drug-likeness (QED) is 0.327. The molecule has 1 saturated carbocycles. The number of ether oxygens (including phenoxy) is 1. The third kappa shape index (κ3) is 5.33. The number of amides is 1. The van der Waals surface area contributed by atoms with Gasteiger partial charge in [0.2, 0.25) is 5.91 Å². The van der Waals surface area contributed by atoms with Gasteiger partial charge in [-0.3, -0.25) is 24.3 Å². The Balaban J connectivity index is 1.14. The number of piperazine rings is 1. The molecule has 37 heavy (non-hydrogen) atoms. The highest BCUT2D eigenvalue weighted by atomic mass is 35.5. The first-order chi connectivity index (χ1) is 18.0. The van der Waals surface area contributed by atoms with Crippen molar-refractivity contribution in [3.05, 3.63) is 82.6 Å². The van der Waals surface area contributed by atoms with Crippen molar-refractivity contribution in [3.63, 3.8) is 0 Å². The maximum absolute atomic E-state index is 13.2. The SMILES string of the molecule is Cc1cc(N2CCN(Cc3cccc4cccnc34)CC2=O)nn1Cc1cc(Cl)ccc1OCC1CC1. The fourth-order valence-electron chi connectivity index (χ4n) is 4.89. The van der Waals surface area contributed by atoms with Crippen LogP contribution in [0, 0.1) is 12.8 Å². The van der Waals surface area contributed by atoms with Gasteiger partial charge in [0, 0.05) is 53.6 Å². The highest BCUT2D eigenvalue weighted by Gasteiger charge is 2.28. The van der Waals surface area contributed by atoms with Crippen LogP contribution in [0.5, 0.6) is 5.75 Å². The predicted molar refractivity (Wildman–Crippen MR) is 145 cm³/mol. The molecule has 2 aliphatic rings. The minimum Gasteiger partial charge on any atom is -0.493 e. The summed E-state index contributed by atoms with van der Waals surface area (Å²) >= 11 is 6.30. The fourth-order valence-corrected chi connectivity index (χ4v) is 5.08. The van der Waals surface area contributed by atoms with Gasteiger partial charge in [-0.15, -0.1) is 0 Å². The highest BCUT2D eigenvalue weighted by molar-refractivity contribution is 6.30. The molecule has 0 radical (unpaired) electrons. The number of anilines is 1. The molecule has 0 N–H and O–H groups in total. The molecular formula is C29H30ClN5O2. The van der Waals surface area contributed by atoms with E-state index in [0.717, 1.165) is 46.6 Å². The number of aromatic nitrogens is 3. The van der Waals surface area contributed by atoms with Crippen molar-refractivity contribution in [2.24, 2.45) is 5.92 Å². The van der Waals surface area contributed by atoms with Crippen molar-refractivity contribution in [2.75, 3.05) is 31.1 Å². The lowest BCUT2D eigenvalue weighted by atomic mass is 10.1. The van der Waals surface area contributed by atoms with E-state index in [9.17, 15) is 4.79 Å². The van der Waals surface area contributed by atoms with Crippen molar-refractivity contribution in [2.45, 2.75) is 32.9 Å². The Labute approximate surface area is 221 Å². The van der Waals surface area contributed by atoms with Crippen LogP contribution in [0.4, 0.5) is 5.82 Å². The number of pyridine rings is 1. The lowest BCUT2D eigenvalue weighted by Gasteiger charge is -2.33. The molecule has 7 nitrogen and oxygen atoms in total. The molecule has 1 aliphatic heterocycles. The minimum absolute atomic E-state index is 0.0558. The van der Waals surface area contributed by atoms with Crippen molar-refractivity contribution in [1.29, 1.82) is 0 Å². The van der Waals surface area contributed by atoms with Crippen LogP contribution < -0.4 is 9.64 Å². The third-order valence-electron chi connectivity index (χ3n) is 7.17. The number of fused-ring (bicyclic) bond motifs is 1. The van der Waals surface area contributed by atoms with Gasteiger partial charge in [-0.2, -0.15) is 5.10 Å². The van der Waals surface area contributed by atoms with Crippen LogP contribution in [0.25, 0.3) is 10.9 Å². The van der Waals surface area contributed by atoms with E-state index >= 15 is 0 Å². The van der Waals surface area contributed by atoms with E-state index in [0.29, 0.717) is 42.9 Å². The second-order valence-corrected chi connectivity index (χ2v) is 10.5. The van der Waals surface area contributed by atoms with E-state index in [4.69, 9.17) is 21.4 Å². The maximum Gasteiger partial charge on any atom is 0.242 e. The summed E-state index contributed by atoms with van der Waals surface area (Å²) in [5, 5.41) is 6.59. The number of nitrogens with zero attached hydrogens (tertiary/aromatic N) is 5. The maximum atomic E-state index is 13.2. The van der Waals surface area contributed by atoms with E-state index in [-0.39, 0.29) is 5.91 Å². The summed E-state index contributed by atoms with van der Waals surface area (Å²) in [5.41, 5.74) is 4.11. The van der Waals surface area contributed by atoms with Gasteiger partial charge in [0.15, 0.2) is 5.82 Å².